The molecule has 2 heterocycles. The van der Waals surface area contributed by atoms with E-state index in [1.54, 1.807) is 7.11 Å². The monoisotopic (exact) mass is 262 g/mol. The van der Waals surface area contributed by atoms with E-state index in [9.17, 15) is 0 Å². The highest BCUT2D eigenvalue weighted by Gasteiger charge is 2.24. The molecule has 2 aliphatic rings. The van der Waals surface area contributed by atoms with E-state index >= 15 is 0 Å². The van der Waals surface area contributed by atoms with Crippen molar-refractivity contribution in [3.63, 3.8) is 0 Å². The zero-order chi connectivity index (χ0) is 13.4. The lowest BCUT2D eigenvalue weighted by molar-refractivity contribution is 0.253. The Morgan fingerprint density at radius 1 is 1.47 bits per heavy atom. The number of ether oxygens (including phenoxy) is 2. The molecule has 104 valence electrons. The smallest absolute Gasteiger partial charge is 0.123 e. The molecule has 1 aromatic carbocycles. The summed E-state index contributed by atoms with van der Waals surface area (Å²) in [5.74, 6) is 1.99. The third-order valence-corrected chi connectivity index (χ3v) is 4.00. The fourth-order valence-corrected chi connectivity index (χ4v) is 3.04. The molecule has 0 amide bonds. The van der Waals surface area contributed by atoms with Gasteiger partial charge >= 0.3 is 0 Å². The van der Waals surface area contributed by atoms with Crippen LogP contribution in [-0.4, -0.2) is 37.2 Å². The van der Waals surface area contributed by atoms with Crippen molar-refractivity contribution in [1.29, 1.82) is 0 Å². The van der Waals surface area contributed by atoms with E-state index < -0.39 is 0 Å². The van der Waals surface area contributed by atoms with Gasteiger partial charge in [0.1, 0.15) is 17.6 Å². The summed E-state index contributed by atoms with van der Waals surface area (Å²) in [6.45, 7) is 5.03. The summed E-state index contributed by atoms with van der Waals surface area (Å²) in [6, 6.07) is 4.59. The predicted molar refractivity (Wildman–Crippen MR) is 74.7 cm³/mol. The van der Waals surface area contributed by atoms with E-state index in [0.29, 0.717) is 6.04 Å². The lowest BCUT2D eigenvalue weighted by Crippen LogP contribution is -2.26. The molecule has 2 atom stereocenters. The number of fused-ring (bicyclic) bond motifs is 1. The van der Waals surface area contributed by atoms with Crippen LogP contribution in [0, 0.1) is 0 Å². The Bertz CT molecular complexity index is 475. The molecule has 4 nitrogen and oxygen atoms in total. The topological polar surface area (TPSA) is 47.7 Å². The Labute approximate surface area is 114 Å². The molecule has 2 unspecified atom stereocenters. The first-order valence-corrected chi connectivity index (χ1v) is 7.00. The molecule has 0 radical (unpaired) electrons. The maximum absolute atomic E-state index is 5.96. The summed E-state index contributed by atoms with van der Waals surface area (Å²) in [6.07, 6.45) is 2.33. The number of nitrogens with two attached hydrogens (primary N) is 1. The van der Waals surface area contributed by atoms with E-state index in [2.05, 4.69) is 24.0 Å². The largest absolute Gasteiger partial charge is 0.496 e. The molecule has 0 spiro atoms. The van der Waals surface area contributed by atoms with E-state index in [1.165, 1.54) is 11.1 Å². The molecule has 3 rings (SSSR count). The molecule has 2 aliphatic heterocycles. The number of methoxy groups -OCH3 is 1. The second-order valence-corrected chi connectivity index (χ2v) is 5.69. The summed E-state index contributed by atoms with van der Waals surface area (Å²) >= 11 is 0. The maximum atomic E-state index is 5.96. The van der Waals surface area contributed by atoms with Gasteiger partial charge in [-0.3, -0.25) is 4.90 Å². The first-order valence-electron chi connectivity index (χ1n) is 7.00. The zero-order valence-corrected chi connectivity index (χ0v) is 11.7. The van der Waals surface area contributed by atoms with Crippen LogP contribution < -0.4 is 15.2 Å². The van der Waals surface area contributed by atoms with Gasteiger partial charge in [0.2, 0.25) is 0 Å². The van der Waals surface area contributed by atoms with Crippen LogP contribution in [-0.2, 0) is 13.0 Å². The molecule has 4 heteroatoms. The highest BCUT2D eigenvalue weighted by atomic mass is 16.5. The van der Waals surface area contributed by atoms with Crippen LogP contribution in [0.25, 0.3) is 0 Å². The van der Waals surface area contributed by atoms with Crippen LogP contribution in [0.5, 0.6) is 11.5 Å². The molecule has 1 saturated heterocycles. The summed E-state index contributed by atoms with van der Waals surface area (Å²) < 4.78 is 11.4. The van der Waals surface area contributed by atoms with Crippen molar-refractivity contribution in [2.24, 2.45) is 5.73 Å². The standard InChI is InChI=1S/C15H22N2O2/c1-10-5-11-6-14(18-2)12(7-15(11)19-10)8-17-4-3-13(16)9-17/h6-7,10,13H,3-5,8-9,16H2,1-2H3. The minimum Gasteiger partial charge on any atom is -0.496 e. The van der Waals surface area contributed by atoms with Crippen LogP contribution in [0.1, 0.15) is 24.5 Å². The van der Waals surface area contributed by atoms with Crippen molar-refractivity contribution in [3.8, 4) is 11.5 Å². The number of rotatable bonds is 3. The summed E-state index contributed by atoms with van der Waals surface area (Å²) in [4.78, 5) is 2.38. The first-order chi connectivity index (χ1) is 9.15. The van der Waals surface area contributed by atoms with Crippen molar-refractivity contribution >= 4 is 0 Å². The van der Waals surface area contributed by atoms with Gasteiger partial charge in [0, 0.05) is 43.2 Å². The van der Waals surface area contributed by atoms with Gasteiger partial charge in [-0.05, 0) is 25.5 Å². The van der Waals surface area contributed by atoms with Crippen molar-refractivity contribution in [2.75, 3.05) is 20.2 Å². The molecular weight excluding hydrogens is 240 g/mol. The van der Waals surface area contributed by atoms with Crippen molar-refractivity contribution in [1.82, 2.24) is 4.90 Å². The van der Waals surface area contributed by atoms with Gasteiger partial charge in [-0.1, -0.05) is 0 Å². The van der Waals surface area contributed by atoms with Crippen LogP contribution in [0.2, 0.25) is 0 Å². The summed E-state index contributed by atoms with van der Waals surface area (Å²) in [5, 5.41) is 0. The van der Waals surface area contributed by atoms with Crippen molar-refractivity contribution in [2.45, 2.75) is 38.5 Å². The fourth-order valence-electron chi connectivity index (χ4n) is 3.04. The lowest BCUT2D eigenvalue weighted by atomic mass is 10.1. The van der Waals surface area contributed by atoms with Crippen molar-refractivity contribution < 1.29 is 9.47 Å². The Balaban J connectivity index is 1.82. The van der Waals surface area contributed by atoms with Crippen LogP contribution in [0.15, 0.2) is 12.1 Å². The van der Waals surface area contributed by atoms with Crippen LogP contribution in [0.4, 0.5) is 0 Å². The number of likely N-dealkylation sites (tertiary alicyclic amines) is 1. The minimum atomic E-state index is 0.273. The Morgan fingerprint density at radius 2 is 2.32 bits per heavy atom. The quantitative estimate of drug-likeness (QED) is 0.898. The Morgan fingerprint density at radius 3 is 3.00 bits per heavy atom. The molecule has 0 aromatic heterocycles. The summed E-state index contributed by atoms with van der Waals surface area (Å²) in [5.41, 5.74) is 8.41. The molecule has 0 bridgehead atoms. The van der Waals surface area contributed by atoms with Gasteiger partial charge < -0.3 is 15.2 Å². The molecule has 0 saturated carbocycles. The average molecular weight is 262 g/mol. The SMILES string of the molecule is COc1cc2c(cc1CN1CCC(N)C1)OC(C)C2. The van der Waals surface area contributed by atoms with E-state index in [-0.39, 0.29) is 6.10 Å². The third-order valence-electron chi connectivity index (χ3n) is 4.00. The van der Waals surface area contributed by atoms with Gasteiger partial charge in [-0.25, -0.2) is 0 Å². The highest BCUT2D eigenvalue weighted by Crippen LogP contribution is 2.35. The van der Waals surface area contributed by atoms with Gasteiger partial charge in [-0.2, -0.15) is 0 Å². The predicted octanol–water partition coefficient (Wildman–Crippen LogP) is 1.55. The third kappa shape index (κ3) is 2.55. The van der Waals surface area contributed by atoms with E-state index in [0.717, 1.165) is 44.0 Å². The zero-order valence-electron chi connectivity index (χ0n) is 11.7. The highest BCUT2D eigenvalue weighted by molar-refractivity contribution is 5.48. The average Bonchev–Trinajstić information content (AvgIpc) is 2.93. The molecule has 19 heavy (non-hydrogen) atoms. The minimum absolute atomic E-state index is 0.273. The molecule has 2 N–H and O–H groups in total. The van der Waals surface area contributed by atoms with Gasteiger partial charge in [-0.15, -0.1) is 0 Å². The molecule has 1 fully saturated rings. The number of nitrogens with zero attached hydrogens (tertiary/aromatic N) is 1. The molecular formula is C15H22N2O2. The lowest BCUT2D eigenvalue weighted by Gasteiger charge is -2.18. The maximum Gasteiger partial charge on any atom is 0.123 e. The van der Waals surface area contributed by atoms with Crippen LogP contribution >= 0.6 is 0 Å². The normalized spacial score (nSPS) is 26.3. The second kappa shape index (κ2) is 5.02. The van der Waals surface area contributed by atoms with Gasteiger partial charge in [0.15, 0.2) is 0 Å². The fraction of sp³-hybridized carbons (Fsp3) is 0.600. The van der Waals surface area contributed by atoms with Crippen molar-refractivity contribution in [3.05, 3.63) is 23.3 Å². The summed E-state index contributed by atoms with van der Waals surface area (Å²) in [7, 11) is 1.74. The Kier molecular flexibility index (Phi) is 3.37. The Hall–Kier alpha value is -1.26. The van der Waals surface area contributed by atoms with Gasteiger partial charge in [0.25, 0.3) is 0 Å². The van der Waals surface area contributed by atoms with E-state index in [1.807, 2.05) is 0 Å². The van der Waals surface area contributed by atoms with Gasteiger partial charge in [0.05, 0.1) is 7.11 Å². The second-order valence-electron chi connectivity index (χ2n) is 5.69. The molecule has 1 aromatic rings. The first kappa shape index (κ1) is 12.8. The number of hydrogen-bond acceptors (Lipinski definition) is 4. The number of hydrogen-bond donors (Lipinski definition) is 1. The number of benzene rings is 1. The van der Waals surface area contributed by atoms with Crippen LogP contribution in [0.3, 0.4) is 0 Å². The molecule has 0 aliphatic carbocycles. The van der Waals surface area contributed by atoms with E-state index in [4.69, 9.17) is 15.2 Å².